The Hall–Kier alpha value is -0.860. The SMILES string of the molecule is C=CC1=CC=C[C@@H](O)[C@@H]1O. The largest absolute Gasteiger partial charge is 0.386 e. The molecule has 0 aromatic carbocycles. The van der Waals surface area contributed by atoms with Crippen LogP contribution in [0.1, 0.15) is 0 Å². The topological polar surface area (TPSA) is 40.5 Å². The summed E-state index contributed by atoms with van der Waals surface area (Å²) in [7, 11) is 0. The summed E-state index contributed by atoms with van der Waals surface area (Å²) < 4.78 is 0. The first kappa shape index (κ1) is 7.25. The number of hydrogen-bond acceptors (Lipinski definition) is 2. The lowest BCUT2D eigenvalue weighted by molar-refractivity contribution is 0.0738. The lowest BCUT2D eigenvalue weighted by Gasteiger charge is -2.18. The smallest absolute Gasteiger partial charge is 0.108 e. The van der Waals surface area contributed by atoms with Crippen LogP contribution in [0.15, 0.2) is 36.5 Å². The zero-order valence-electron chi connectivity index (χ0n) is 5.57. The first-order valence-corrected chi connectivity index (χ1v) is 3.12. The van der Waals surface area contributed by atoms with Gasteiger partial charge < -0.3 is 10.2 Å². The molecule has 10 heavy (non-hydrogen) atoms. The molecule has 1 rings (SSSR count). The third kappa shape index (κ3) is 1.17. The second-order valence-corrected chi connectivity index (χ2v) is 2.19. The van der Waals surface area contributed by atoms with Gasteiger partial charge in [-0.2, -0.15) is 0 Å². The van der Waals surface area contributed by atoms with Gasteiger partial charge >= 0.3 is 0 Å². The van der Waals surface area contributed by atoms with E-state index < -0.39 is 12.2 Å². The van der Waals surface area contributed by atoms with Crippen molar-refractivity contribution in [3.05, 3.63) is 36.5 Å². The van der Waals surface area contributed by atoms with Gasteiger partial charge in [-0.1, -0.05) is 30.9 Å². The van der Waals surface area contributed by atoms with E-state index in [0.717, 1.165) is 0 Å². The maximum Gasteiger partial charge on any atom is 0.108 e. The lowest BCUT2D eigenvalue weighted by atomic mass is 10.00. The summed E-state index contributed by atoms with van der Waals surface area (Å²) in [6, 6.07) is 0. The van der Waals surface area contributed by atoms with Crippen LogP contribution in [0.25, 0.3) is 0 Å². The molecule has 0 bridgehead atoms. The fourth-order valence-corrected chi connectivity index (χ4v) is 0.870. The Bertz CT molecular complexity index is 191. The molecule has 2 heteroatoms. The Morgan fingerprint density at radius 2 is 2.20 bits per heavy atom. The van der Waals surface area contributed by atoms with Crippen molar-refractivity contribution < 1.29 is 10.2 Å². The van der Waals surface area contributed by atoms with Crippen molar-refractivity contribution in [1.82, 2.24) is 0 Å². The van der Waals surface area contributed by atoms with Crippen LogP contribution in [0.2, 0.25) is 0 Å². The van der Waals surface area contributed by atoms with Crippen molar-refractivity contribution in [3.8, 4) is 0 Å². The summed E-state index contributed by atoms with van der Waals surface area (Å²) in [5.74, 6) is 0. The molecule has 0 spiro atoms. The average molecular weight is 138 g/mol. The summed E-state index contributed by atoms with van der Waals surface area (Å²) in [5.41, 5.74) is 0.662. The van der Waals surface area contributed by atoms with E-state index in [1.54, 1.807) is 12.2 Å². The van der Waals surface area contributed by atoms with Gasteiger partial charge in [0.1, 0.15) is 12.2 Å². The molecule has 2 nitrogen and oxygen atoms in total. The van der Waals surface area contributed by atoms with Gasteiger partial charge in [0.2, 0.25) is 0 Å². The quantitative estimate of drug-likeness (QED) is 0.550. The van der Waals surface area contributed by atoms with E-state index in [4.69, 9.17) is 5.11 Å². The predicted octanol–water partition coefficient (Wildman–Crippen LogP) is 0.390. The van der Waals surface area contributed by atoms with Gasteiger partial charge in [0.05, 0.1) is 0 Å². The average Bonchev–Trinajstić information content (AvgIpc) is 1.95. The molecule has 0 amide bonds. The second-order valence-electron chi connectivity index (χ2n) is 2.19. The van der Waals surface area contributed by atoms with E-state index in [1.807, 2.05) is 0 Å². The molecule has 0 aromatic rings. The predicted molar refractivity (Wildman–Crippen MR) is 39.4 cm³/mol. The van der Waals surface area contributed by atoms with Crippen molar-refractivity contribution in [2.45, 2.75) is 12.2 Å². The summed E-state index contributed by atoms with van der Waals surface area (Å²) >= 11 is 0. The van der Waals surface area contributed by atoms with E-state index >= 15 is 0 Å². The number of allylic oxidation sites excluding steroid dienone is 2. The molecule has 0 aromatic heterocycles. The highest BCUT2D eigenvalue weighted by atomic mass is 16.3. The molecule has 2 N–H and O–H groups in total. The number of hydrogen-bond donors (Lipinski definition) is 2. The van der Waals surface area contributed by atoms with Crippen LogP contribution in [-0.2, 0) is 0 Å². The Morgan fingerprint density at radius 3 is 2.70 bits per heavy atom. The first-order valence-electron chi connectivity index (χ1n) is 3.12. The van der Waals surface area contributed by atoms with Crippen molar-refractivity contribution in [1.29, 1.82) is 0 Å². The van der Waals surface area contributed by atoms with E-state index in [-0.39, 0.29) is 0 Å². The molecule has 0 unspecified atom stereocenters. The van der Waals surface area contributed by atoms with Gasteiger partial charge in [0.15, 0.2) is 0 Å². The first-order chi connectivity index (χ1) is 4.75. The minimum atomic E-state index is -0.803. The standard InChI is InChI=1S/C8H10O2/c1-2-6-4-3-5-7(9)8(6)10/h2-5,7-10H,1H2/t7-,8-/m1/s1. The molecule has 54 valence electrons. The highest BCUT2D eigenvalue weighted by Gasteiger charge is 2.17. The van der Waals surface area contributed by atoms with Crippen LogP contribution in [-0.4, -0.2) is 22.4 Å². The Labute approximate surface area is 59.8 Å². The van der Waals surface area contributed by atoms with Crippen LogP contribution in [0.3, 0.4) is 0 Å². The van der Waals surface area contributed by atoms with E-state index in [9.17, 15) is 5.11 Å². The molecule has 0 saturated heterocycles. The minimum absolute atomic E-state index is 0.662. The maximum atomic E-state index is 9.20. The highest BCUT2D eigenvalue weighted by Crippen LogP contribution is 2.13. The van der Waals surface area contributed by atoms with Crippen LogP contribution in [0.4, 0.5) is 0 Å². The summed E-state index contributed by atoms with van der Waals surface area (Å²) in [6.07, 6.45) is 4.92. The van der Waals surface area contributed by atoms with Crippen LogP contribution >= 0.6 is 0 Å². The lowest BCUT2D eigenvalue weighted by Crippen LogP contribution is -2.26. The van der Waals surface area contributed by atoms with E-state index in [0.29, 0.717) is 5.57 Å². The maximum absolute atomic E-state index is 9.20. The fourth-order valence-electron chi connectivity index (χ4n) is 0.870. The fraction of sp³-hybridized carbons (Fsp3) is 0.250. The monoisotopic (exact) mass is 138 g/mol. The molecule has 2 atom stereocenters. The highest BCUT2D eigenvalue weighted by molar-refractivity contribution is 5.32. The molecule has 0 aliphatic heterocycles. The molecule has 0 saturated carbocycles. The van der Waals surface area contributed by atoms with Crippen LogP contribution in [0.5, 0.6) is 0 Å². The van der Waals surface area contributed by atoms with Gasteiger partial charge in [-0.15, -0.1) is 0 Å². The molecular formula is C8H10O2. The van der Waals surface area contributed by atoms with Gasteiger partial charge in [-0.3, -0.25) is 0 Å². The summed E-state index contributed by atoms with van der Waals surface area (Å²) in [5, 5.41) is 18.3. The molecule has 1 aliphatic carbocycles. The van der Waals surface area contributed by atoms with Crippen molar-refractivity contribution in [2.24, 2.45) is 0 Å². The third-order valence-corrected chi connectivity index (χ3v) is 1.50. The van der Waals surface area contributed by atoms with Crippen molar-refractivity contribution >= 4 is 0 Å². The van der Waals surface area contributed by atoms with Crippen molar-refractivity contribution in [3.63, 3.8) is 0 Å². The van der Waals surface area contributed by atoms with Crippen LogP contribution < -0.4 is 0 Å². The molecule has 1 aliphatic rings. The molecular weight excluding hydrogens is 128 g/mol. The Morgan fingerprint density at radius 1 is 1.50 bits per heavy atom. The van der Waals surface area contributed by atoms with Gasteiger partial charge in [-0.05, 0) is 5.57 Å². The number of aliphatic hydroxyl groups is 2. The molecule has 0 heterocycles. The van der Waals surface area contributed by atoms with Gasteiger partial charge in [0, 0.05) is 0 Å². The summed E-state index contributed by atoms with van der Waals surface area (Å²) in [6.45, 7) is 3.50. The zero-order chi connectivity index (χ0) is 7.56. The minimum Gasteiger partial charge on any atom is -0.386 e. The number of rotatable bonds is 1. The Kier molecular flexibility index (Phi) is 2.04. The summed E-state index contributed by atoms with van der Waals surface area (Å²) in [4.78, 5) is 0. The molecule has 0 radical (unpaired) electrons. The number of aliphatic hydroxyl groups excluding tert-OH is 2. The van der Waals surface area contributed by atoms with Crippen molar-refractivity contribution in [2.75, 3.05) is 0 Å². The van der Waals surface area contributed by atoms with Gasteiger partial charge in [-0.25, -0.2) is 0 Å². The van der Waals surface area contributed by atoms with Gasteiger partial charge in [0.25, 0.3) is 0 Å². The van der Waals surface area contributed by atoms with E-state index in [1.165, 1.54) is 12.2 Å². The zero-order valence-corrected chi connectivity index (χ0v) is 5.57. The second kappa shape index (κ2) is 2.82. The normalized spacial score (nSPS) is 31.6. The van der Waals surface area contributed by atoms with E-state index in [2.05, 4.69) is 6.58 Å². The molecule has 0 fully saturated rings. The van der Waals surface area contributed by atoms with Crippen LogP contribution in [0, 0.1) is 0 Å². The Balaban J connectivity index is 2.81. The third-order valence-electron chi connectivity index (χ3n) is 1.50.